The molecular formula is C10H9NO3. The van der Waals surface area contributed by atoms with Crippen LogP contribution in [-0.2, 0) is 11.2 Å². The summed E-state index contributed by atoms with van der Waals surface area (Å²) in [6.45, 7) is -0.0323. The summed E-state index contributed by atoms with van der Waals surface area (Å²) in [5.41, 5.74) is 1.76. The minimum Gasteiger partial charge on any atom is -0.396 e. The highest BCUT2D eigenvalue weighted by molar-refractivity contribution is 6.50. The van der Waals surface area contributed by atoms with Crippen molar-refractivity contribution >= 4 is 17.6 Å². The van der Waals surface area contributed by atoms with Gasteiger partial charge < -0.3 is 10.1 Å². The van der Waals surface area contributed by atoms with Crippen LogP contribution in [0.1, 0.15) is 21.6 Å². The van der Waals surface area contributed by atoms with Crippen LogP contribution in [-0.4, -0.2) is 28.3 Å². The number of aromatic amines is 1. The van der Waals surface area contributed by atoms with Gasteiger partial charge in [-0.05, 0) is 24.1 Å². The van der Waals surface area contributed by atoms with E-state index in [1.807, 2.05) is 0 Å². The third-order valence-electron chi connectivity index (χ3n) is 2.23. The van der Waals surface area contributed by atoms with Gasteiger partial charge in [0.05, 0.1) is 5.56 Å². The standard InChI is InChI=1S/C10H9NO3/c12-4-3-6-5-11-7-1-2-8(13)10(14)9(6)7/h1-2,5,11-12H,3-4H2. The Balaban J connectivity index is 2.51. The van der Waals surface area contributed by atoms with Gasteiger partial charge in [0.15, 0.2) is 0 Å². The Morgan fingerprint density at radius 3 is 2.79 bits per heavy atom. The number of nitrogens with one attached hydrogen (secondary N) is 1. The molecule has 2 N–H and O–H groups in total. The molecule has 0 amide bonds. The fourth-order valence-electron chi connectivity index (χ4n) is 1.56. The SMILES string of the molecule is O=C1C=Cc2[nH]cc(CCO)c2C1=O. The molecule has 0 aliphatic heterocycles. The summed E-state index contributed by atoms with van der Waals surface area (Å²) in [7, 11) is 0. The molecule has 1 aromatic rings. The van der Waals surface area contributed by atoms with E-state index in [1.165, 1.54) is 6.08 Å². The molecule has 0 saturated carbocycles. The number of allylic oxidation sites excluding steroid dienone is 1. The van der Waals surface area contributed by atoms with Crippen molar-refractivity contribution in [3.8, 4) is 0 Å². The Labute approximate surface area is 80.3 Å². The smallest absolute Gasteiger partial charge is 0.235 e. The van der Waals surface area contributed by atoms with E-state index >= 15 is 0 Å². The van der Waals surface area contributed by atoms with Crippen molar-refractivity contribution < 1.29 is 14.7 Å². The molecule has 0 atom stereocenters. The van der Waals surface area contributed by atoms with E-state index in [-0.39, 0.29) is 6.61 Å². The highest BCUT2D eigenvalue weighted by Gasteiger charge is 2.24. The molecule has 1 aliphatic rings. The van der Waals surface area contributed by atoms with Gasteiger partial charge in [-0.1, -0.05) is 0 Å². The summed E-state index contributed by atoms with van der Waals surface area (Å²) in [5, 5.41) is 8.76. The highest BCUT2D eigenvalue weighted by Crippen LogP contribution is 2.21. The normalized spacial score (nSPS) is 14.6. The molecule has 0 saturated heterocycles. The number of aliphatic hydroxyl groups excluding tert-OH is 1. The van der Waals surface area contributed by atoms with Crippen molar-refractivity contribution in [2.75, 3.05) is 6.61 Å². The van der Waals surface area contributed by atoms with Gasteiger partial charge in [-0.3, -0.25) is 9.59 Å². The third-order valence-corrected chi connectivity index (χ3v) is 2.23. The molecule has 0 fully saturated rings. The highest BCUT2D eigenvalue weighted by atomic mass is 16.3. The summed E-state index contributed by atoms with van der Waals surface area (Å²) >= 11 is 0. The average molecular weight is 191 g/mol. The van der Waals surface area contributed by atoms with Crippen molar-refractivity contribution in [1.29, 1.82) is 0 Å². The van der Waals surface area contributed by atoms with E-state index in [9.17, 15) is 9.59 Å². The van der Waals surface area contributed by atoms with Crippen LogP contribution < -0.4 is 0 Å². The number of carbonyl (C=O) groups excluding carboxylic acids is 2. The van der Waals surface area contributed by atoms with E-state index in [0.29, 0.717) is 23.2 Å². The molecule has 2 rings (SSSR count). The Morgan fingerprint density at radius 2 is 2.07 bits per heavy atom. The molecule has 1 aliphatic carbocycles. The lowest BCUT2D eigenvalue weighted by molar-refractivity contribution is -0.110. The zero-order chi connectivity index (χ0) is 10.1. The minimum absolute atomic E-state index is 0.0323. The number of Topliss-reactive ketones (excluding diaryl/α,β-unsaturated/α-hetero) is 1. The van der Waals surface area contributed by atoms with E-state index < -0.39 is 11.6 Å². The Kier molecular flexibility index (Phi) is 2.05. The Morgan fingerprint density at radius 1 is 1.29 bits per heavy atom. The number of carbonyl (C=O) groups is 2. The fourth-order valence-corrected chi connectivity index (χ4v) is 1.56. The quantitative estimate of drug-likeness (QED) is 0.662. The molecule has 4 heteroatoms. The lowest BCUT2D eigenvalue weighted by Gasteiger charge is -2.04. The molecule has 0 unspecified atom stereocenters. The fraction of sp³-hybridized carbons (Fsp3) is 0.200. The maximum atomic E-state index is 11.5. The van der Waals surface area contributed by atoms with Crippen molar-refractivity contribution in [2.45, 2.75) is 6.42 Å². The zero-order valence-corrected chi connectivity index (χ0v) is 7.41. The monoisotopic (exact) mass is 191 g/mol. The maximum Gasteiger partial charge on any atom is 0.235 e. The van der Waals surface area contributed by atoms with E-state index in [2.05, 4.69) is 4.98 Å². The van der Waals surface area contributed by atoms with Crippen molar-refractivity contribution in [1.82, 2.24) is 4.98 Å². The van der Waals surface area contributed by atoms with Crippen LogP contribution in [0.3, 0.4) is 0 Å². The largest absolute Gasteiger partial charge is 0.396 e. The van der Waals surface area contributed by atoms with Crippen molar-refractivity contribution in [3.63, 3.8) is 0 Å². The molecule has 14 heavy (non-hydrogen) atoms. The summed E-state index contributed by atoms with van der Waals surface area (Å²) in [6, 6.07) is 0. The van der Waals surface area contributed by atoms with Crippen molar-refractivity contribution in [3.05, 3.63) is 29.1 Å². The second kappa shape index (κ2) is 3.23. The van der Waals surface area contributed by atoms with Crippen LogP contribution in [0.5, 0.6) is 0 Å². The minimum atomic E-state index is -0.503. The first-order valence-electron chi connectivity index (χ1n) is 4.32. The summed E-state index contributed by atoms with van der Waals surface area (Å²) < 4.78 is 0. The first-order chi connectivity index (χ1) is 6.74. The topological polar surface area (TPSA) is 70.2 Å². The van der Waals surface area contributed by atoms with Crippen LogP contribution in [0, 0.1) is 0 Å². The second-order valence-electron chi connectivity index (χ2n) is 3.10. The zero-order valence-electron chi connectivity index (χ0n) is 7.41. The molecule has 4 nitrogen and oxygen atoms in total. The van der Waals surface area contributed by atoms with E-state index in [1.54, 1.807) is 12.3 Å². The number of rotatable bonds is 2. The van der Waals surface area contributed by atoms with Gasteiger partial charge in [0.1, 0.15) is 0 Å². The number of ketones is 2. The molecule has 0 radical (unpaired) electrons. The predicted molar refractivity (Wildman–Crippen MR) is 50.0 cm³/mol. The van der Waals surface area contributed by atoms with Crippen LogP contribution in [0.2, 0.25) is 0 Å². The Bertz CT molecular complexity index is 429. The Hall–Kier alpha value is -1.68. The molecule has 1 heterocycles. The van der Waals surface area contributed by atoms with Crippen molar-refractivity contribution in [2.24, 2.45) is 0 Å². The lowest BCUT2D eigenvalue weighted by atomic mass is 9.97. The summed E-state index contributed by atoms with van der Waals surface area (Å²) in [5.74, 6) is -0.997. The molecule has 0 spiro atoms. The number of hydrogen-bond acceptors (Lipinski definition) is 3. The maximum absolute atomic E-state index is 11.5. The molecule has 72 valence electrons. The number of aromatic nitrogens is 1. The van der Waals surface area contributed by atoms with Gasteiger partial charge in [0.2, 0.25) is 11.6 Å². The van der Waals surface area contributed by atoms with E-state index in [0.717, 1.165) is 0 Å². The number of fused-ring (bicyclic) bond motifs is 1. The van der Waals surface area contributed by atoms with E-state index in [4.69, 9.17) is 5.11 Å². The summed E-state index contributed by atoms with van der Waals surface area (Å²) in [6.07, 6.45) is 4.88. The van der Waals surface area contributed by atoms with Crippen LogP contribution in [0.25, 0.3) is 6.08 Å². The number of H-pyrrole nitrogens is 1. The van der Waals surface area contributed by atoms with Gasteiger partial charge >= 0.3 is 0 Å². The van der Waals surface area contributed by atoms with Gasteiger partial charge in [0.25, 0.3) is 0 Å². The third kappa shape index (κ3) is 1.20. The average Bonchev–Trinajstić information content (AvgIpc) is 2.57. The first-order valence-corrected chi connectivity index (χ1v) is 4.32. The predicted octanol–water partition coefficient (Wildman–Crippen LogP) is 0.328. The van der Waals surface area contributed by atoms with Gasteiger partial charge in [-0.15, -0.1) is 0 Å². The molecule has 0 bridgehead atoms. The molecular weight excluding hydrogens is 182 g/mol. The van der Waals surface area contributed by atoms with Gasteiger partial charge in [0, 0.05) is 18.5 Å². The number of hydrogen-bond donors (Lipinski definition) is 2. The molecule has 0 aromatic carbocycles. The van der Waals surface area contributed by atoms with Crippen LogP contribution >= 0.6 is 0 Å². The van der Waals surface area contributed by atoms with Crippen LogP contribution in [0.4, 0.5) is 0 Å². The first kappa shape index (κ1) is 8.90. The summed E-state index contributed by atoms with van der Waals surface area (Å²) in [4.78, 5) is 25.5. The van der Waals surface area contributed by atoms with Crippen LogP contribution in [0.15, 0.2) is 12.3 Å². The molecule has 1 aromatic heterocycles. The van der Waals surface area contributed by atoms with Gasteiger partial charge in [-0.25, -0.2) is 0 Å². The lowest BCUT2D eigenvalue weighted by Crippen LogP contribution is -2.17. The second-order valence-corrected chi connectivity index (χ2v) is 3.10. The number of aliphatic hydroxyl groups is 1. The van der Waals surface area contributed by atoms with Gasteiger partial charge in [-0.2, -0.15) is 0 Å².